The van der Waals surface area contributed by atoms with Crippen LogP contribution in [0.25, 0.3) is 0 Å². The summed E-state index contributed by atoms with van der Waals surface area (Å²) in [6.45, 7) is 5.09. The molecule has 0 aliphatic rings. The zero-order chi connectivity index (χ0) is 18.6. The van der Waals surface area contributed by atoms with Crippen molar-refractivity contribution in [3.05, 3.63) is 65.7 Å². The Morgan fingerprint density at radius 1 is 0.962 bits per heavy atom. The molecule has 1 amide bonds. The van der Waals surface area contributed by atoms with Crippen LogP contribution in [0.5, 0.6) is 5.75 Å². The van der Waals surface area contributed by atoms with E-state index in [0.717, 1.165) is 42.7 Å². The van der Waals surface area contributed by atoms with Gasteiger partial charge >= 0.3 is 0 Å². The van der Waals surface area contributed by atoms with Crippen LogP contribution in [-0.2, 0) is 11.2 Å². The minimum Gasteiger partial charge on any atom is -0.494 e. The molecule has 1 N–H and O–H groups in total. The second kappa shape index (κ2) is 11.3. The van der Waals surface area contributed by atoms with Gasteiger partial charge in [-0.05, 0) is 36.1 Å². The molecule has 0 aliphatic heterocycles. The Kier molecular flexibility index (Phi) is 8.74. The third-order valence-electron chi connectivity index (χ3n) is 4.42. The number of carbonyl (C=O) groups excluding carboxylic acids is 1. The number of unbranched alkanes of at least 4 members (excludes halogenated alkanes) is 2. The van der Waals surface area contributed by atoms with Gasteiger partial charge in [-0.2, -0.15) is 0 Å². The first-order chi connectivity index (χ1) is 12.7. The molecule has 3 nitrogen and oxygen atoms in total. The van der Waals surface area contributed by atoms with Gasteiger partial charge in [0.25, 0.3) is 0 Å². The van der Waals surface area contributed by atoms with Gasteiger partial charge in [0.1, 0.15) is 5.75 Å². The lowest BCUT2D eigenvalue weighted by atomic mass is 10.0. The van der Waals surface area contributed by atoms with Crippen LogP contribution in [0.1, 0.15) is 63.1 Å². The number of hydrogen-bond acceptors (Lipinski definition) is 2. The Bertz CT molecular complexity index is 637. The molecule has 2 aromatic carbocycles. The van der Waals surface area contributed by atoms with E-state index in [-0.39, 0.29) is 11.9 Å². The molecule has 26 heavy (non-hydrogen) atoms. The number of rotatable bonds is 11. The largest absolute Gasteiger partial charge is 0.494 e. The summed E-state index contributed by atoms with van der Waals surface area (Å²) in [4.78, 5) is 12.4. The van der Waals surface area contributed by atoms with Crippen molar-refractivity contribution in [1.82, 2.24) is 5.32 Å². The van der Waals surface area contributed by atoms with E-state index >= 15 is 0 Å². The standard InChI is InChI=1S/C23H31NO2/c1-3-5-9-17-26-21-15-13-20(14-16-21)22(10-4-2)24-23(25)18-19-11-7-6-8-12-19/h6-8,11-16,22H,3-5,9-10,17-18H2,1-2H3,(H,24,25). The van der Waals surface area contributed by atoms with Crippen LogP contribution < -0.4 is 10.1 Å². The molecule has 0 radical (unpaired) electrons. The van der Waals surface area contributed by atoms with Gasteiger partial charge in [0.15, 0.2) is 0 Å². The van der Waals surface area contributed by atoms with Gasteiger partial charge < -0.3 is 10.1 Å². The number of nitrogens with one attached hydrogen (secondary N) is 1. The van der Waals surface area contributed by atoms with E-state index in [4.69, 9.17) is 4.74 Å². The highest BCUT2D eigenvalue weighted by molar-refractivity contribution is 5.79. The lowest BCUT2D eigenvalue weighted by molar-refractivity contribution is -0.121. The third-order valence-corrected chi connectivity index (χ3v) is 4.42. The highest BCUT2D eigenvalue weighted by atomic mass is 16.5. The summed E-state index contributed by atoms with van der Waals surface area (Å²) in [5.74, 6) is 0.963. The van der Waals surface area contributed by atoms with Gasteiger partial charge in [0.2, 0.25) is 5.91 Å². The van der Waals surface area contributed by atoms with Crippen molar-refractivity contribution in [2.75, 3.05) is 6.61 Å². The molecule has 0 aromatic heterocycles. The van der Waals surface area contributed by atoms with Crippen molar-refractivity contribution in [3.8, 4) is 5.75 Å². The average molecular weight is 354 g/mol. The molecule has 3 heteroatoms. The highest BCUT2D eigenvalue weighted by Gasteiger charge is 2.14. The van der Waals surface area contributed by atoms with Crippen LogP contribution in [-0.4, -0.2) is 12.5 Å². The van der Waals surface area contributed by atoms with Gasteiger partial charge in [0, 0.05) is 0 Å². The Labute approximate surface area is 157 Å². The van der Waals surface area contributed by atoms with Crippen molar-refractivity contribution in [1.29, 1.82) is 0 Å². The molecule has 0 bridgehead atoms. The smallest absolute Gasteiger partial charge is 0.224 e. The molecule has 140 valence electrons. The van der Waals surface area contributed by atoms with Crippen LogP contribution in [0.15, 0.2) is 54.6 Å². The predicted molar refractivity (Wildman–Crippen MR) is 107 cm³/mol. The predicted octanol–water partition coefficient (Wildman–Crippen LogP) is 5.46. The molecule has 0 heterocycles. The summed E-state index contributed by atoms with van der Waals surface area (Å²) in [5, 5.41) is 3.18. The fraction of sp³-hybridized carbons (Fsp3) is 0.435. The number of amides is 1. The van der Waals surface area contributed by atoms with E-state index in [2.05, 4.69) is 31.3 Å². The first-order valence-electron chi connectivity index (χ1n) is 9.79. The fourth-order valence-electron chi connectivity index (χ4n) is 2.98. The SMILES string of the molecule is CCCCCOc1ccc(C(CCC)NC(=O)Cc2ccccc2)cc1. The highest BCUT2D eigenvalue weighted by Crippen LogP contribution is 2.22. The molecule has 0 fully saturated rings. The molecule has 0 spiro atoms. The minimum absolute atomic E-state index is 0.0466. The Balaban J connectivity index is 1.92. The summed E-state index contributed by atoms with van der Waals surface area (Å²) in [6.07, 6.45) is 5.85. The van der Waals surface area contributed by atoms with E-state index in [9.17, 15) is 4.79 Å². The van der Waals surface area contributed by atoms with E-state index in [0.29, 0.717) is 6.42 Å². The molecule has 2 aromatic rings. The Morgan fingerprint density at radius 2 is 1.69 bits per heavy atom. The van der Waals surface area contributed by atoms with E-state index < -0.39 is 0 Å². The summed E-state index contributed by atoms with van der Waals surface area (Å²) < 4.78 is 5.78. The normalized spacial score (nSPS) is 11.8. The van der Waals surface area contributed by atoms with Gasteiger partial charge in [-0.25, -0.2) is 0 Å². The summed E-state index contributed by atoms with van der Waals surface area (Å²) in [7, 11) is 0. The molecular formula is C23H31NO2. The molecule has 1 unspecified atom stereocenters. The van der Waals surface area contributed by atoms with Crippen LogP contribution >= 0.6 is 0 Å². The van der Waals surface area contributed by atoms with Crippen molar-refractivity contribution in [3.63, 3.8) is 0 Å². The fourth-order valence-corrected chi connectivity index (χ4v) is 2.98. The maximum atomic E-state index is 12.4. The number of carbonyl (C=O) groups is 1. The van der Waals surface area contributed by atoms with E-state index in [1.165, 1.54) is 12.8 Å². The topological polar surface area (TPSA) is 38.3 Å². The van der Waals surface area contributed by atoms with Crippen molar-refractivity contribution < 1.29 is 9.53 Å². The first-order valence-corrected chi connectivity index (χ1v) is 9.79. The molecule has 2 rings (SSSR count). The van der Waals surface area contributed by atoms with E-state index in [1.807, 2.05) is 42.5 Å². The van der Waals surface area contributed by atoms with Crippen LogP contribution in [0.3, 0.4) is 0 Å². The van der Waals surface area contributed by atoms with Gasteiger partial charge in [-0.15, -0.1) is 0 Å². The van der Waals surface area contributed by atoms with Crippen LogP contribution in [0.4, 0.5) is 0 Å². The quantitative estimate of drug-likeness (QED) is 0.545. The summed E-state index contributed by atoms with van der Waals surface area (Å²) in [6, 6.07) is 18.1. The number of ether oxygens (including phenoxy) is 1. The molecule has 0 saturated carbocycles. The molecule has 1 atom stereocenters. The maximum Gasteiger partial charge on any atom is 0.224 e. The first kappa shape index (κ1) is 20.0. The second-order valence-electron chi connectivity index (χ2n) is 6.70. The minimum atomic E-state index is 0.0466. The van der Waals surface area contributed by atoms with Crippen molar-refractivity contribution in [2.24, 2.45) is 0 Å². The monoisotopic (exact) mass is 353 g/mol. The second-order valence-corrected chi connectivity index (χ2v) is 6.70. The van der Waals surface area contributed by atoms with Crippen molar-refractivity contribution >= 4 is 5.91 Å². The zero-order valence-electron chi connectivity index (χ0n) is 16.0. The van der Waals surface area contributed by atoms with Gasteiger partial charge in [0.05, 0.1) is 19.1 Å². The zero-order valence-corrected chi connectivity index (χ0v) is 16.0. The van der Waals surface area contributed by atoms with Gasteiger partial charge in [-0.1, -0.05) is 75.6 Å². The van der Waals surface area contributed by atoms with E-state index in [1.54, 1.807) is 0 Å². The average Bonchev–Trinajstić information content (AvgIpc) is 2.66. The Morgan fingerprint density at radius 3 is 2.35 bits per heavy atom. The molecular weight excluding hydrogens is 322 g/mol. The Hall–Kier alpha value is -2.29. The lowest BCUT2D eigenvalue weighted by Crippen LogP contribution is -2.29. The number of hydrogen-bond donors (Lipinski definition) is 1. The molecule has 0 saturated heterocycles. The lowest BCUT2D eigenvalue weighted by Gasteiger charge is -2.19. The molecule has 0 aliphatic carbocycles. The summed E-state index contributed by atoms with van der Waals surface area (Å²) >= 11 is 0. The van der Waals surface area contributed by atoms with Crippen LogP contribution in [0.2, 0.25) is 0 Å². The third kappa shape index (κ3) is 6.91. The number of benzene rings is 2. The summed E-state index contributed by atoms with van der Waals surface area (Å²) in [5.41, 5.74) is 2.17. The van der Waals surface area contributed by atoms with Crippen molar-refractivity contribution in [2.45, 2.75) is 58.4 Å². The van der Waals surface area contributed by atoms with Crippen LogP contribution in [0, 0.1) is 0 Å². The maximum absolute atomic E-state index is 12.4. The van der Waals surface area contributed by atoms with Gasteiger partial charge in [-0.3, -0.25) is 4.79 Å².